The van der Waals surface area contributed by atoms with E-state index in [0.29, 0.717) is 17.1 Å². The number of hydrogen-bond donors (Lipinski definition) is 3. The van der Waals surface area contributed by atoms with E-state index in [2.05, 4.69) is 5.32 Å². The van der Waals surface area contributed by atoms with Gasteiger partial charge in [0.05, 0.1) is 0 Å². The highest BCUT2D eigenvalue weighted by Crippen LogP contribution is 2.39. The first-order valence-electron chi connectivity index (χ1n) is 7.84. The molecule has 132 valence electrons. The van der Waals surface area contributed by atoms with Crippen LogP contribution in [0.1, 0.15) is 17.2 Å². The summed E-state index contributed by atoms with van der Waals surface area (Å²) in [5.41, 5.74) is 1.26. The van der Waals surface area contributed by atoms with Crippen molar-refractivity contribution < 1.29 is 29.2 Å². The second-order valence-corrected chi connectivity index (χ2v) is 5.54. The highest BCUT2D eigenvalue weighted by Gasteiger charge is 2.27. The Kier molecular flexibility index (Phi) is 5.37. The van der Waals surface area contributed by atoms with E-state index in [-0.39, 0.29) is 19.9 Å². The van der Waals surface area contributed by atoms with Gasteiger partial charge in [-0.15, -0.1) is 0 Å². The molecule has 0 aliphatic carbocycles. The third-order valence-corrected chi connectivity index (χ3v) is 3.78. The van der Waals surface area contributed by atoms with Crippen LogP contribution in [0.2, 0.25) is 0 Å². The molecule has 3 rings (SSSR count). The molecule has 0 radical (unpaired) electrons. The molecule has 25 heavy (non-hydrogen) atoms. The lowest BCUT2D eigenvalue weighted by Gasteiger charge is -2.19. The molecule has 1 aliphatic heterocycles. The van der Waals surface area contributed by atoms with E-state index in [9.17, 15) is 15.0 Å². The van der Waals surface area contributed by atoms with Gasteiger partial charge in [-0.05, 0) is 11.6 Å². The zero-order valence-corrected chi connectivity index (χ0v) is 13.4. The smallest absolute Gasteiger partial charge is 0.407 e. The average molecular weight is 345 g/mol. The van der Waals surface area contributed by atoms with Crippen LogP contribution in [0.3, 0.4) is 0 Å². The van der Waals surface area contributed by atoms with Crippen molar-refractivity contribution in [2.24, 2.45) is 0 Å². The number of aliphatic hydroxyl groups is 2. The number of carbonyl (C=O) groups excluding carboxylic acids is 1. The molecule has 2 aromatic rings. The molecule has 7 heteroatoms. The van der Waals surface area contributed by atoms with Gasteiger partial charge in [0, 0.05) is 12.1 Å². The predicted molar refractivity (Wildman–Crippen MR) is 88.2 cm³/mol. The molecule has 7 nitrogen and oxygen atoms in total. The van der Waals surface area contributed by atoms with Crippen molar-refractivity contribution in [3.63, 3.8) is 0 Å². The van der Waals surface area contributed by atoms with Gasteiger partial charge in [-0.25, -0.2) is 4.79 Å². The van der Waals surface area contributed by atoms with E-state index in [4.69, 9.17) is 14.2 Å². The fraction of sp³-hybridized carbons (Fsp3) is 0.278. The Bertz CT molecular complexity index is 721. The number of rotatable bonds is 6. The van der Waals surface area contributed by atoms with Gasteiger partial charge in [-0.1, -0.05) is 42.5 Å². The van der Waals surface area contributed by atoms with Gasteiger partial charge >= 0.3 is 6.09 Å². The third-order valence-electron chi connectivity index (χ3n) is 3.78. The van der Waals surface area contributed by atoms with E-state index >= 15 is 0 Å². The highest BCUT2D eigenvalue weighted by atomic mass is 16.7. The molecule has 2 aromatic carbocycles. The Balaban J connectivity index is 1.49. The minimum absolute atomic E-state index is 0.0687. The summed E-state index contributed by atoms with van der Waals surface area (Å²) in [7, 11) is 0. The van der Waals surface area contributed by atoms with Crippen LogP contribution in [-0.2, 0) is 11.3 Å². The van der Waals surface area contributed by atoms with Crippen molar-refractivity contribution in [1.82, 2.24) is 5.32 Å². The summed E-state index contributed by atoms with van der Waals surface area (Å²) >= 11 is 0. The van der Waals surface area contributed by atoms with Crippen molar-refractivity contribution in [3.8, 4) is 11.5 Å². The van der Waals surface area contributed by atoms with Crippen LogP contribution in [0.5, 0.6) is 11.5 Å². The van der Waals surface area contributed by atoms with Crippen molar-refractivity contribution in [2.75, 3.05) is 13.3 Å². The topological polar surface area (TPSA) is 97.3 Å². The van der Waals surface area contributed by atoms with Crippen molar-refractivity contribution >= 4 is 6.09 Å². The molecule has 1 amide bonds. The average Bonchev–Trinajstić information content (AvgIpc) is 3.13. The van der Waals surface area contributed by atoms with Gasteiger partial charge in [-0.2, -0.15) is 0 Å². The van der Waals surface area contributed by atoms with Gasteiger partial charge in [0.25, 0.3) is 0 Å². The fourth-order valence-corrected chi connectivity index (χ4v) is 2.47. The summed E-state index contributed by atoms with van der Waals surface area (Å²) in [5.74, 6) is 0.916. The van der Waals surface area contributed by atoms with Gasteiger partial charge in [0.2, 0.25) is 6.79 Å². The summed E-state index contributed by atoms with van der Waals surface area (Å²) in [5, 5.41) is 22.8. The Hall–Kier alpha value is -2.77. The van der Waals surface area contributed by atoms with Crippen LogP contribution in [0, 0.1) is 0 Å². The predicted octanol–water partition coefficient (Wildman–Crippen LogP) is 1.74. The van der Waals surface area contributed by atoms with Gasteiger partial charge in [-0.3, -0.25) is 0 Å². The number of carbonyl (C=O) groups is 1. The van der Waals surface area contributed by atoms with Gasteiger partial charge in [0.1, 0.15) is 18.8 Å². The zero-order chi connectivity index (χ0) is 17.6. The Morgan fingerprint density at radius 3 is 2.72 bits per heavy atom. The molecule has 0 fully saturated rings. The summed E-state index contributed by atoms with van der Waals surface area (Å²) in [6.45, 7) is 0.0290. The number of alkyl carbamates (subject to hydrolysis) is 1. The number of fused-ring (bicyclic) bond motifs is 1. The first-order chi connectivity index (χ1) is 12.1. The molecule has 0 spiro atoms. The number of benzene rings is 2. The fourth-order valence-electron chi connectivity index (χ4n) is 2.47. The SMILES string of the molecule is O=C(NCC(O)C(O)c1cccc2c1OCO2)OCc1ccccc1. The summed E-state index contributed by atoms with van der Waals surface area (Å²) in [6, 6.07) is 14.3. The molecule has 0 bridgehead atoms. The van der Waals surface area contributed by atoms with E-state index in [1.165, 1.54) is 0 Å². The number of aliphatic hydroxyl groups excluding tert-OH is 2. The Morgan fingerprint density at radius 1 is 1.12 bits per heavy atom. The van der Waals surface area contributed by atoms with Crippen molar-refractivity contribution in [2.45, 2.75) is 18.8 Å². The highest BCUT2D eigenvalue weighted by molar-refractivity contribution is 5.67. The van der Waals surface area contributed by atoms with Crippen LogP contribution in [-0.4, -0.2) is 35.7 Å². The van der Waals surface area contributed by atoms with Gasteiger partial charge in [0.15, 0.2) is 11.5 Å². The van der Waals surface area contributed by atoms with Crippen LogP contribution >= 0.6 is 0 Å². The molecule has 0 aromatic heterocycles. The van der Waals surface area contributed by atoms with Crippen LogP contribution in [0.15, 0.2) is 48.5 Å². The second-order valence-electron chi connectivity index (χ2n) is 5.54. The Morgan fingerprint density at radius 2 is 1.92 bits per heavy atom. The number of hydrogen-bond acceptors (Lipinski definition) is 6. The maximum atomic E-state index is 11.7. The minimum atomic E-state index is -1.23. The molecule has 0 saturated carbocycles. The number of nitrogens with one attached hydrogen (secondary N) is 1. The van der Waals surface area contributed by atoms with E-state index in [0.717, 1.165) is 5.56 Å². The molecule has 2 atom stereocenters. The lowest BCUT2D eigenvalue weighted by Crippen LogP contribution is -2.35. The summed E-state index contributed by atoms with van der Waals surface area (Å²) in [4.78, 5) is 11.7. The van der Waals surface area contributed by atoms with E-state index in [1.54, 1.807) is 18.2 Å². The van der Waals surface area contributed by atoms with Crippen molar-refractivity contribution in [1.29, 1.82) is 0 Å². The van der Waals surface area contributed by atoms with Crippen LogP contribution < -0.4 is 14.8 Å². The van der Waals surface area contributed by atoms with Crippen molar-refractivity contribution in [3.05, 3.63) is 59.7 Å². The standard InChI is InChI=1S/C18H19NO6/c20-14(9-19-18(22)23-10-12-5-2-1-3-6-12)16(21)13-7-4-8-15-17(13)25-11-24-15/h1-8,14,16,20-21H,9-11H2,(H,19,22). The zero-order valence-electron chi connectivity index (χ0n) is 13.4. The molecule has 2 unspecified atom stereocenters. The molecule has 1 heterocycles. The van der Waals surface area contributed by atoms with E-state index < -0.39 is 18.3 Å². The molecule has 0 saturated heterocycles. The van der Waals surface area contributed by atoms with E-state index in [1.807, 2.05) is 30.3 Å². The normalized spacial score (nSPS) is 14.6. The maximum Gasteiger partial charge on any atom is 0.407 e. The maximum absolute atomic E-state index is 11.7. The van der Waals surface area contributed by atoms with Gasteiger partial charge < -0.3 is 29.7 Å². The minimum Gasteiger partial charge on any atom is -0.454 e. The monoisotopic (exact) mass is 345 g/mol. The quantitative estimate of drug-likeness (QED) is 0.738. The lowest BCUT2D eigenvalue weighted by molar-refractivity contribution is 0.0168. The van der Waals surface area contributed by atoms with Crippen LogP contribution in [0.25, 0.3) is 0 Å². The first kappa shape index (κ1) is 17.1. The largest absolute Gasteiger partial charge is 0.454 e. The summed E-state index contributed by atoms with van der Waals surface area (Å²) < 4.78 is 15.6. The first-order valence-corrected chi connectivity index (χ1v) is 7.84. The number of para-hydroxylation sites is 1. The number of amides is 1. The molecular weight excluding hydrogens is 326 g/mol. The molecule has 3 N–H and O–H groups in total. The Labute approximate surface area is 144 Å². The second kappa shape index (κ2) is 7.87. The number of ether oxygens (including phenoxy) is 3. The summed E-state index contributed by atoms with van der Waals surface area (Å²) in [6.07, 6.45) is -3.13. The molecular formula is C18H19NO6. The molecule has 1 aliphatic rings. The lowest BCUT2D eigenvalue weighted by atomic mass is 10.0. The third kappa shape index (κ3) is 4.20. The van der Waals surface area contributed by atoms with Crippen LogP contribution in [0.4, 0.5) is 4.79 Å².